The van der Waals surface area contributed by atoms with Crippen molar-refractivity contribution < 1.29 is 22.7 Å². The molecule has 0 N–H and O–H groups in total. The molecule has 0 aromatic heterocycles. The van der Waals surface area contributed by atoms with Crippen LogP contribution >= 0.6 is 0 Å². The van der Waals surface area contributed by atoms with E-state index in [1.54, 1.807) is 30.3 Å². The second-order valence-electron chi connectivity index (χ2n) is 7.92. The molecule has 1 saturated heterocycles. The Balaban J connectivity index is 1.53. The molecule has 1 heterocycles. The third-order valence-electron chi connectivity index (χ3n) is 5.77. The van der Waals surface area contributed by atoms with E-state index in [1.165, 1.54) is 12.1 Å². The van der Waals surface area contributed by atoms with Crippen molar-refractivity contribution in [3.05, 3.63) is 71.8 Å². The number of carbonyl (C=O) groups is 1. The minimum Gasteiger partial charge on any atom is -0.457 e. The summed E-state index contributed by atoms with van der Waals surface area (Å²) in [7, 11) is 0. The number of fused-ring (bicyclic) bond motifs is 1. The number of carbonyl (C=O) groups excluding carboxylic acids is 1. The van der Waals surface area contributed by atoms with Gasteiger partial charge in [0.25, 0.3) is 5.91 Å². The van der Waals surface area contributed by atoms with Crippen LogP contribution < -0.4 is 4.74 Å². The Bertz CT molecular complexity index is 1160. The van der Waals surface area contributed by atoms with Crippen LogP contribution in [-0.4, -0.2) is 36.2 Å². The molecule has 0 aliphatic carbocycles. The summed E-state index contributed by atoms with van der Waals surface area (Å²) in [5, 5.41) is 1.54. The zero-order valence-corrected chi connectivity index (χ0v) is 17.8. The highest BCUT2D eigenvalue weighted by Gasteiger charge is 2.30. The highest BCUT2D eigenvalue weighted by Crippen LogP contribution is 2.34. The van der Waals surface area contributed by atoms with Crippen LogP contribution in [0.25, 0.3) is 10.8 Å². The molecular formula is C25H23F3N2O2. The second kappa shape index (κ2) is 8.74. The highest BCUT2D eigenvalue weighted by atomic mass is 19.4. The van der Waals surface area contributed by atoms with Crippen LogP contribution in [0.3, 0.4) is 0 Å². The summed E-state index contributed by atoms with van der Waals surface area (Å²) in [6.45, 7) is 6.87. The van der Waals surface area contributed by atoms with E-state index in [4.69, 9.17) is 4.74 Å². The number of aliphatic imine (C=N–C) groups is 1. The van der Waals surface area contributed by atoms with Crippen LogP contribution in [0.2, 0.25) is 0 Å². The molecule has 0 atom stereocenters. The molecular weight excluding hydrogens is 417 g/mol. The normalized spacial score (nSPS) is 15.6. The molecule has 0 radical (unpaired) electrons. The minimum atomic E-state index is -4.39. The van der Waals surface area contributed by atoms with Crippen LogP contribution in [-0.2, 0) is 6.18 Å². The highest BCUT2D eigenvalue weighted by molar-refractivity contribution is 6.06. The Morgan fingerprint density at radius 3 is 2.47 bits per heavy atom. The largest absolute Gasteiger partial charge is 0.457 e. The predicted molar refractivity (Wildman–Crippen MR) is 119 cm³/mol. The summed E-state index contributed by atoms with van der Waals surface area (Å²) in [6.07, 6.45) is -4.39. The maximum atomic E-state index is 12.8. The van der Waals surface area contributed by atoms with Gasteiger partial charge >= 0.3 is 6.18 Å². The number of nitrogens with zero attached hydrogens (tertiary/aromatic N) is 2. The van der Waals surface area contributed by atoms with Crippen LogP contribution in [0, 0.1) is 5.92 Å². The fourth-order valence-corrected chi connectivity index (χ4v) is 3.72. The van der Waals surface area contributed by atoms with Crippen LogP contribution in [0.1, 0.15) is 29.8 Å². The van der Waals surface area contributed by atoms with Gasteiger partial charge < -0.3 is 9.64 Å². The number of alkyl halides is 3. The lowest BCUT2D eigenvalue weighted by Crippen LogP contribution is -2.49. The van der Waals surface area contributed by atoms with Crippen LogP contribution in [0.4, 0.5) is 13.2 Å². The van der Waals surface area contributed by atoms with Gasteiger partial charge in [-0.2, -0.15) is 13.2 Å². The van der Waals surface area contributed by atoms with Gasteiger partial charge in [0.05, 0.1) is 5.56 Å². The van der Waals surface area contributed by atoms with Crippen LogP contribution in [0.15, 0.2) is 65.7 Å². The molecule has 3 aromatic rings. The average molecular weight is 440 g/mol. The van der Waals surface area contributed by atoms with E-state index in [9.17, 15) is 18.0 Å². The Labute approximate surface area is 184 Å². The van der Waals surface area contributed by atoms with E-state index >= 15 is 0 Å². The summed E-state index contributed by atoms with van der Waals surface area (Å²) in [5.74, 6) is 0.832. The van der Waals surface area contributed by atoms with E-state index in [0.717, 1.165) is 48.3 Å². The molecule has 1 aliphatic heterocycles. The number of hydrogen-bond donors (Lipinski definition) is 0. The van der Waals surface area contributed by atoms with E-state index in [-0.39, 0.29) is 5.91 Å². The lowest BCUT2D eigenvalue weighted by molar-refractivity contribution is -0.137. The average Bonchev–Trinajstić information content (AvgIpc) is 2.72. The van der Waals surface area contributed by atoms with E-state index in [2.05, 4.69) is 16.8 Å². The number of amides is 1. The van der Waals surface area contributed by atoms with Crippen LogP contribution in [0.5, 0.6) is 11.5 Å². The van der Waals surface area contributed by atoms with Crippen molar-refractivity contribution in [1.29, 1.82) is 0 Å². The van der Waals surface area contributed by atoms with Crippen molar-refractivity contribution >= 4 is 22.4 Å². The van der Waals surface area contributed by atoms with Crippen molar-refractivity contribution in [3.63, 3.8) is 0 Å². The molecule has 4 nitrogen and oxygen atoms in total. The Kier molecular flexibility index (Phi) is 6.02. The second-order valence-corrected chi connectivity index (χ2v) is 7.92. The molecule has 166 valence electrons. The summed E-state index contributed by atoms with van der Waals surface area (Å²) in [6, 6.07) is 15.1. The minimum absolute atomic E-state index is 0.284. The van der Waals surface area contributed by atoms with E-state index in [0.29, 0.717) is 23.0 Å². The fraction of sp³-hybridized carbons (Fsp3) is 0.280. The van der Waals surface area contributed by atoms with Gasteiger partial charge in [0.1, 0.15) is 11.5 Å². The van der Waals surface area contributed by atoms with E-state index < -0.39 is 11.7 Å². The summed E-state index contributed by atoms with van der Waals surface area (Å²) in [5.41, 5.74) is 0.598. The molecule has 7 heteroatoms. The Morgan fingerprint density at radius 2 is 1.81 bits per heavy atom. The summed E-state index contributed by atoms with van der Waals surface area (Å²) < 4.78 is 44.1. The van der Waals surface area contributed by atoms with Crippen molar-refractivity contribution in [2.45, 2.75) is 20.0 Å². The molecule has 0 bridgehead atoms. The third-order valence-corrected chi connectivity index (χ3v) is 5.77. The number of rotatable bonds is 5. The summed E-state index contributed by atoms with van der Waals surface area (Å²) in [4.78, 5) is 19.2. The van der Waals surface area contributed by atoms with Gasteiger partial charge in [-0.15, -0.1) is 0 Å². The molecule has 1 aliphatic rings. The van der Waals surface area contributed by atoms with Crippen molar-refractivity contribution in [2.24, 2.45) is 10.9 Å². The molecule has 3 aromatic carbocycles. The number of halogens is 3. The summed E-state index contributed by atoms with van der Waals surface area (Å²) >= 11 is 0. The van der Waals surface area contributed by atoms with Gasteiger partial charge in [0.15, 0.2) is 0 Å². The molecule has 32 heavy (non-hydrogen) atoms. The third kappa shape index (κ3) is 4.67. The first kappa shape index (κ1) is 22.0. The molecule has 4 rings (SSSR count). The molecule has 1 amide bonds. The smallest absolute Gasteiger partial charge is 0.416 e. The fourth-order valence-electron chi connectivity index (χ4n) is 3.72. The molecule has 0 unspecified atom stereocenters. The molecule has 0 spiro atoms. The van der Waals surface area contributed by atoms with Gasteiger partial charge in [-0.3, -0.25) is 4.79 Å². The van der Waals surface area contributed by atoms with E-state index in [1.807, 2.05) is 13.0 Å². The zero-order valence-electron chi connectivity index (χ0n) is 17.8. The predicted octanol–water partition coefficient (Wildman–Crippen LogP) is 6.20. The SMILES string of the molecule is CCN1CC(C(C)=NC(=O)c2ccc3c(Oc4ccc(C(F)(F)F)cc4)cccc3c2)C1. The number of hydrogen-bond acceptors (Lipinski definition) is 3. The lowest BCUT2D eigenvalue weighted by atomic mass is 9.95. The quantitative estimate of drug-likeness (QED) is 0.444. The maximum Gasteiger partial charge on any atom is 0.416 e. The monoisotopic (exact) mass is 440 g/mol. The van der Waals surface area contributed by atoms with Gasteiger partial charge in [0.2, 0.25) is 0 Å². The first-order chi connectivity index (χ1) is 15.2. The first-order valence-corrected chi connectivity index (χ1v) is 10.4. The van der Waals surface area contributed by atoms with Crippen molar-refractivity contribution in [2.75, 3.05) is 19.6 Å². The number of ether oxygens (including phenoxy) is 1. The Morgan fingerprint density at radius 1 is 1.09 bits per heavy atom. The van der Waals surface area contributed by atoms with Crippen molar-refractivity contribution in [1.82, 2.24) is 4.90 Å². The maximum absolute atomic E-state index is 12.8. The number of likely N-dealkylation sites (tertiary alicyclic amines) is 1. The standard InChI is InChI=1S/C25H23F3N2O2/c1-3-30-14-19(15-30)16(2)29-24(31)18-7-12-22-17(13-18)5-4-6-23(22)32-21-10-8-20(9-11-21)25(26,27)28/h4-13,19H,3,14-15H2,1-2H3. The number of benzene rings is 3. The van der Waals surface area contributed by atoms with Gasteiger partial charge in [-0.1, -0.05) is 19.1 Å². The van der Waals surface area contributed by atoms with Gasteiger partial charge in [-0.25, -0.2) is 4.99 Å². The van der Waals surface area contributed by atoms with Gasteiger partial charge in [-0.05, 0) is 67.4 Å². The Hall–Kier alpha value is -3.19. The lowest BCUT2D eigenvalue weighted by Gasteiger charge is -2.38. The molecule has 0 saturated carbocycles. The zero-order chi connectivity index (χ0) is 22.9. The van der Waals surface area contributed by atoms with Gasteiger partial charge in [0, 0.05) is 35.7 Å². The van der Waals surface area contributed by atoms with Crippen molar-refractivity contribution in [3.8, 4) is 11.5 Å². The molecule has 1 fully saturated rings. The first-order valence-electron chi connectivity index (χ1n) is 10.4. The topological polar surface area (TPSA) is 41.9 Å².